The minimum atomic E-state index is -0.573. The van der Waals surface area contributed by atoms with Crippen molar-refractivity contribution < 1.29 is 19.1 Å². The molecule has 76 valence electrons. The molecule has 0 unspecified atom stereocenters. The van der Waals surface area contributed by atoms with Crippen molar-refractivity contribution in [2.75, 3.05) is 13.2 Å². The van der Waals surface area contributed by atoms with E-state index in [1.807, 2.05) is 0 Å². The molecular formula is C8H15NO4. The largest absolute Gasteiger partial charge is 0.448 e. The van der Waals surface area contributed by atoms with Gasteiger partial charge in [0.2, 0.25) is 0 Å². The highest BCUT2D eigenvalue weighted by Crippen LogP contribution is 2.12. The van der Waals surface area contributed by atoms with E-state index >= 15 is 0 Å². The molecule has 0 radical (unpaired) electrons. The van der Waals surface area contributed by atoms with E-state index in [1.165, 1.54) is 0 Å². The van der Waals surface area contributed by atoms with Crippen LogP contribution in [0, 0.1) is 0 Å². The van der Waals surface area contributed by atoms with Gasteiger partial charge in [0.05, 0.1) is 6.61 Å². The molecule has 1 fully saturated rings. The van der Waals surface area contributed by atoms with Crippen molar-refractivity contribution in [1.29, 1.82) is 0 Å². The molecule has 1 atom stereocenters. The van der Waals surface area contributed by atoms with Gasteiger partial charge in [0.1, 0.15) is 0 Å². The number of rotatable bonds is 3. The molecule has 0 aromatic rings. The van der Waals surface area contributed by atoms with Gasteiger partial charge in [0, 0.05) is 13.0 Å². The zero-order valence-corrected chi connectivity index (χ0v) is 7.75. The minimum absolute atomic E-state index is 0.321. The quantitative estimate of drug-likeness (QED) is 0.677. The molecule has 0 spiro atoms. The Kier molecular flexibility index (Phi) is 4.56. The Bertz CT molecular complexity index is 156. The highest BCUT2D eigenvalue weighted by Gasteiger charge is 2.15. The van der Waals surface area contributed by atoms with Gasteiger partial charge < -0.3 is 9.47 Å². The first-order chi connectivity index (χ1) is 6.33. The molecular weight excluding hydrogens is 174 g/mol. The summed E-state index contributed by atoms with van der Waals surface area (Å²) in [6, 6.07) is 0. The monoisotopic (exact) mass is 189 g/mol. The third-order valence-corrected chi connectivity index (χ3v) is 1.69. The Morgan fingerprint density at radius 1 is 1.62 bits per heavy atom. The second kappa shape index (κ2) is 5.77. The number of carbonyl (C=O) groups excluding carboxylic acids is 1. The molecule has 1 N–H and O–H groups in total. The summed E-state index contributed by atoms with van der Waals surface area (Å²) in [6.07, 6.45) is 2.04. The first-order valence-corrected chi connectivity index (χ1v) is 4.53. The summed E-state index contributed by atoms with van der Waals surface area (Å²) in [5.41, 5.74) is 2.17. The topological polar surface area (TPSA) is 56.8 Å². The molecule has 1 aliphatic rings. The van der Waals surface area contributed by atoms with Crippen LogP contribution in [0.2, 0.25) is 0 Å². The Hall–Kier alpha value is -0.810. The van der Waals surface area contributed by atoms with E-state index in [-0.39, 0.29) is 6.29 Å². The summed E-state index contributed by atoms with van der Waals surface area (Å²) in [5.74, 6) is 0. The third kappa shape index (κ3) is 4.10. The maximum atomic E-state index is 10.8. The maximum Gasteiger partial charge on any atom is 0.431 e. The number of nitrogens with one attached hydrogen (secondary N) is 1. The lowest BCUT2D eigenvalue weighted by Crippen LogP contribution is -2.33. The summed E-state index contributed by atoms with van der Waals surface area (Å²) >= 11 is 0. The second-order valence-corrected chi connectivity index (χ2v) is 2.74. The lowest BCUT2D eigenvalue weighted by atomic mass is 10.2. The number of amides is 1. The molecule has 1 saturated heterocycles. The highest BCUT2D eigenvalue weighted by molar-refractivity contribution is 5.65. The highest BCUT2D eigenvalue weighted by atomic mass is 16.8. The first kappa shape index (κ1) is 10.3. The number of hydrogen-bond donors (Lipinski definition) is 1. The lowest BCUT2D eigenvalue weighted by molar-refractivity contribution is -0.189. The van der Waals surface area contributed by atoms with E-state index < -0.39 is 6.09 Å². The fourth-order valence-corrected chi connectivity index (χ4v) is 1.08. The van der Waals surface area contributed by atoms with Gasteiger partial charge in [-0.3, -0.25) is 0 Å². The Morgan fingerprint density at radius 3 is 3.08 bits per heavy atom. The average Bonchev–Trinajstić information content (AvgIpc) is 2.17. The van der Waals surface area contributed by atoms with E-state index in [0.29, 0.717) is 13.2 Å². The molecule has 0 aromatic heterocycles. The Labute approximate surface area is 77.3 Å². The molecule has 1 heterocycles. The fraction of sp³-hybridized carbons (Fsp3) is 0.875. The van der Waals surface area contributed by atoms with Crippen molar-refractivity contribution in [3.05, 3.63) is 0 Å². The van der Waals surface area contributed by atoms with Crippen LogP contribution < -0.4 is 5.48 Å². The minimum Gasteiger partial charge on any atom is -0.448 e. The van der Waals surface area contributed by atoms with Crippen LogP contribution in [0.25, 0.3) is 0 Å². The molecule has 5 nitrogen and oxygen atoms in total. The van der Waals surface area contributed by atoms with E-state index in [2.05, 4.69) is 10.2 Å². The summed E-state index contributed by atoms with van der Waals surface area (Å²) in [6.45, 7) is 2.76. The van der Waals surface area contributed by atoms with Crippen molar-refractivity contribution in [2.24, 2.45) is 0 Å². The fourth-order valence-electron chi connectivity index (χ4n) is 1.08. The second-order valence-electron chi connectivity index (χ2n) is 2.74. The Morgan fingerprint density at radius 2 is 2.46 bits per heavy atom. The molecule has 13 heavy (non-hydrogen) atoms. The van der Waals surface area contributed by atoms with Crippen molar-refractivity contribution >= 4 is 6.09 Å². The van der Waals surface area contributed by atoms with Crippen molar-refractivity contribution in [1.82, 2.24) is 5.48 Å². The summed E-state index contributed by atoms with van der Waals surface area (Å²) < 4.78 is 9.82. The van der Waals surface area contributed by atoms with E-state index in [4.69, 9.17) is 9.57 Å². The molecule has 1 amide bonds. The lowest BCUT2D eigenvalue weighted by Gasteiger charge is -2.21. The summed E-state index contributed by atoms with van der Waals surface area (Å²) in [5, 5.41) is 0. The van der Waals surface area contributed by atoms with E-state index in [9.17, 15) is 4.79 Å². The first-order valence-electron chi connectivity index (χ1n) is 4.53. The van der Waals surface area contributed by atoms with Gasteiger partial charge in [-0.25, -0.2) is 9.63 Å². The van der Waals surface area contributed by atoms with Gasteiger partial charge in [0.15, 0.2) is 6.29 Å². The molecule has 0 aromatic carbocycles. The van der Waals surface area contributed by atoms with Crippen LogP contribution in [0.4, 0.5) is 4.79 Å². The smallest absolute Gasteiger partial charge is 0.431 e. The van der Waals surface area contributed by atoms with Crippen LogP contribution in [0.3, 0.4) is 0 Å². The van der Waals surface area contributed by atoms with Crippen molar-refractivity contribution in [3.8, 4) is 0 Å². The van der Waals surface area contributed by atoms with Crippen LogP contribution in [-0.4, -0.2) is 25.6 Å². The Balaban J connectivity index is 2.06. The predicted octanol–water partition coefficient (Wildman–Crippen LogP) is 1.19. The number of hydrogen-bond acceptors (Lipinski definition) is 4. The van der Waals surface area contributed by atoms with Crippen LogP contribution in [-0.2, 0) is 14.3 Å². The number of hydroxylamine groups is 1. The normalized spacial score (nSPS) is 22.4. The standard InChI is InChI=1S/C8H15NO4/c1-2-11-8(10)9-13-7-5-3-4-6-12-7/h7H,2-6H2,1H3,(H,9,10)/t7-/m0/s1. The van der Waals surface area contributed by atoms with Gasteiger partial charge in [-0.1, -0.05) is 0 Å². The maximum absolute atomic E-state index is 10.8. The van der Waals surface area contributed by atoms with Crippen LogP contribution in [0.1, 0.15) is 26.2 Å². The van der Waals surface area contributed by atoms with Crippen LogP contribution in [0.15, 0.2) is 0 Å². The van der Waals surface area contributed by atoms with Gasteiger partial charge in [-0.2, -0.15) is 5.48 Å². The van der Waals surface area contributed by atoms with Gasteiger partial charge in [0.25, 0.3) is 0 Å². The van der Waals surface area contributed by atoms with E-state index in [0.717, 1.165) is 19.3 Å². The molecule has 1 aliphatic heterocycles. The molecule has 0 aliphatic carbocycles. The van der Waals surface area contributed by atoms with Gasteiger partial charge >= 0.3 is 6.09 Å². The molecule has 5 heteroatoms. The van der Waals surface area contributed by atoms with Crippen molar-refractivity contribution in [3.63, 3.8) is 0 Å². The molecule has 0 bridgehead atoms. The van der Waals surface area contributed by atoms with Gasteiger partial charge in [-0.05, 0) is 19.8 Å². The molecule has 0 saturated carbocycles. The summed E-state index contributed by atoms with van der Waals surface area (Å²) in [4.78, 5) is 15.7. The zero-order chi connectivity index (χ0) is 9.52. The van der Waals surface area contributed by atoms with Crippen molar-refractivity contribution in [2.45, 2.75) is 32.5 Å². The average molecular weight is 189 g/mol. The van der Waals surface area contributed by atoms with Gasteiger partial charge in [-0.15, -0.1) is 0 Å². The van der Waals surface area contributed by atoms with Crippen LogP contribution >= 0.6 is 0 Å². The SMILES string of the molecule is CCOC(=O)NO[C@H]1CCCCO1. The number of carbonyl (C=O) groups is 1. The summed E-state index contributed by atoms with van der Waals surface area (Å²) in [7, 11) is 0. The van der Waals surface area contributed by atoms with Crippen LogP contribution in [0.5, 0.6) is 0 Å². The third-order valence-electron chi connectivity index (χ3n) is 1.69. The predicted molar refractivity (Wildman–Crippen MR) is 44.8 cm³/mol. The van der Waals surface area contributed by atoms with E-state index in [1.54, 1.807) is 6.92 Å². The zero-order valence-electron chi connectivity index (χ0n) is 7.75. The number of ether oxygens (including phenoxy) is 2. The molecule has 1 rings (SSSR count).